The summed E-state index contributed by atoms with van der Waals surface area (Å²) in [5.41, 5.74) is 3.91. The fourth-order valence-electron chi connectivity index (χ4n) is 3.86. The van der Waals surface area contributed by atoms with Crippen molar-refractivity contribution in [1.82, 2.24) is 24.8 Å². The number of carbonyl (C=O) groups is 1. The summed E-state index contributed by atoms with van der Waals surface area (Å²) in [7, 11) is 0. The van der Waals surface area contributed by atoms with E-state index >= 15 is 0 Å². The van der Waals surface area contributed by atoms with E-state index < -0.39 is 0 Å². The Morgan fingerprint density at radius 2 is 1.82 bits per heavy atom. The van der Waals surface area contributed by atoms with Gasteiger partial charge in [-0.3, -0.25) is 14.6 Å². The van der Waals surface area contributed by atoms with Crippen LogP contribution in [0.25, 0.3) is 11.0 Å². The number of fused-ring (bicyclic) bond motifs is 1. The molecule has 1 aromatic carbocycles. The zero-order chi connectivity index (χ0) is 23.2. The molecule has 0 atom stereocenters. The van der Waals surface area contributed by atoms with Crippen LogP contribution < -0.4 is 5.32 Å². The van der Waals surface area contributed by atoms with Crippen LogP contribution in [0.2, 0.25) is 0 Å². The Labute approximate surface area is 220 Å². The van der Waals surface area contributed by atoms with Gasteiger partial charge in [0.05, 0.1) is 23.3 Å². The second-order valence-electron chi connectivity index (χ2n) is 7.92. The van der Waals surface area contributed by atoms with Gasteiger partial charge in [0.15, 0.2) is 5.16 Å². The topological polar surface area (TPSA) is 77.2 Å². The molecule has 0 unspecified atom stereocenters. The normalized spacial score (nSPS) is 14.8. The highest BCUT2D eigenvalue weighted by Crippen LogP contribution is 2.33. The number of amides is 1. The highest BCUT2D eigenvalue weighted by Gasteiger charge is 2.20. The number of hydrogen-bond donors (Lipinski definition) is 2. The average Bonchev–Trinajstić information content (AvgIpc) is 3.23. The molecule has 0 spiro atoms. The number of imidazole rings is 1. The summed E-state index contributed by atoms with van der Waals surface area (Å²) in [5, 5.41) is 4.97. The number of rotatable bonds is 9. The zero-order valence-electron chi connectivity index (χ0n) is 19.7. The highest BCUT2D eigenvalue weighted by molar-refractivity contribution is 7.99. The van der Waals surface area contributed by atoms with Crippen LogP contribution >= 0.6 is 47.7 Å². The number of pyridine rings is 1. The van der Waals surface area contributed by atoms with Crippen LogP contribution in [0.3, 0.4) is 0 Å². The molecule has 1 amide bonds. The molecular formula is C23H31ClN6OS3. The first-order valence-electron chi connectivity index (χ1n) is 11.0. The molecule has 1 saturated heterocycles. The predicted octanol–water partition coefficient (Wildman–Crippen LogP) is 4.48. The largest absolute Gasteiger partial charge is 0.333 e. The number of nitrogens with one attached hydrogen (secondary N) is 2. The fourth-order valence-corrected chi connectivity index (χ4v) is 6.05. The summed E-state index contributed by atoms with van der Waals surface area (Å²) >= 11 is 4.97. The van der Waals surface area contributed by atoms with Crippen LogP contribution in [-0.4, -0.2) is 88.2 Å². The van der Waals surface area contributed by atoms with Gasteiger partial charge < -0.3 is 10.3 Å². The standard InChI is InChI=1S/C23H30N6OS3.ClH/c1-16-14-19(31-2)21(22(24-16)32-3)27-20(30)15-29-10-8-28(9-11-29)12-13-33-23-25-17-6-4-5-7-18(17)26-23;/h4-7,14H,8-13,15H2,1-3H3,(H,25,26)(H,27,30);1H. The summed E-state index contributed by atoms with van der Waals surface area (Å²) in [4.78, 5) is 31.1. The van der Waals surface area contributed by atoms with Gasteiger partial charge in [0, 0.05) is 49.1 Å². The Hall–Kier alpha value is -1.43. The molecule has 1 aliphatic heterocycles. The van der Waals surface area contributed by atoms with Crippen LogP contribution in [0.15, 0.2) is 45.4 Å². The fraction of sp³-hybridized carbons (Fsp3) is 0.435. The molecule has 184 valence electrons. The summed E-state index contributed by atoms with van der Waals surface area (Å²) in [5.74, 6) is 1.02. The van der Waals surface area contributed by atoms with E-state index in [1.165, 1.54) is 0 Å². The average molecular weight is 539 g/mol. The van der Waals surface area contributed by atoms with Crippen molar-refractivity contribution in [2.45, 2.75) is 22.0 Å². The molecule has 1 fully saturated rings. The lowest BCUT2D eigenvalue weighted by Crippen LogP contribution is -2.49. The number of benzene rings is 1. The predicted molar refractivity (Wildman–Crippen MR) is 148 cm³/mol. The maximum Gasteiger partial charge on any atom is 0.238 e. The molecule has 0 saturated carbocycles. The number of aromatic nitrogens is 3. The molecular weight excluding hydrogens is 508 g/mol. The lowest BCUT2D eigenvalue weighted by atomic mass is 10.3. The van der Waals surface area contributed by atoms with Gasteiger partial charge in [0.2, 0.25) is 5.91 Å². The lowest BCUT2D eigenvalue weighted by Gasteiger charge is -2.34. The van der Waals surface area contributed by atoms with E-state index in [0.717, 1.165) is 76.0 Å². The van der Waals surface area contributed by atoms with E-state index in [1.807, 2.05) is 43.7 Å². The first-order valence-corrected chi connectivity index (χ1v) is 14.4. The molecule has 1 aliphatic rings. The third-order valence-electron chi connectivity index (χ3n) is 5.60. The maximum atomic E-state index is 12.8. The number of aromatic amines is 1. The van der Waals surface area contributed by atoms with E-state index in [1.54, 1.807) is 35.3 Å². The number of para-hydroxylation sites is 2. The van der Waals surface area contributed by atoms with Gasteiger partial charge in [0.1, 0.15) is 5.03 Å². The maximum absolute atomic E-state index is 12.8. The van der Waals surface area contributed by atoms with E-state index in [-0.39, 0.29) is 18.3 Å². The molecule has 11 heteroatoms. The summed E-state index contributed by atoms with van der Waals surface area (Å²) < 4.78 is 0. The van der Waals surface area contributed by atoms with Crippen molar-refractivity contribution in [3.8, 4) is 0 Å². The number of piperazine rings is 1. The SMILES string of the molecule is CSc1cc(C)nc(SC)c1NC(=O)CN1CCN(CCSc2nc3ccccc3[nH]2)CC1.Cl. The monoisotopic (exact) mass is 538 g/mol. The number of carbonyl (C=O) groups excluding carboxylic acids is 1. The molecule has 3 aromatic rings. The van der Waals surface area contributed by atoms with Crippen molar-refractivity contribution >= 4 is 70.3 Å². The zero-order valence-corrected chi connectivity index (χ0v) is 22.9. The number of hydrogen-bond acceptors (Lipinski definition) is 8. The van der Waals surface area contributed by atoms with Gasteiger partial charge in [-0.2, -0.15) is 0 Å². The minimum atomic E-state index is 0. The molecule has 7 nitrogen and oxygen atoms in total. The molecule has 2 N–H and O–H groups in total. The Morgan fingerprint density at radius 3 is 2.53 bits per heavy atom. The van der Waals surface area contributed by atoms with E-state index in [0.29, 0.717) is 6.54 Å². The van der Waals surface area contributed by atoms with Crippen molar-refractivity contribution in [3.05, 3.63) is 36.0 Å². The van der Waals surface area contributed by atoms with Crippen LogP contribution in [0.1, 0.15) is 5.69 Å². The number of nitrogens with zero attached hydrogens (tertiary/aromatic N) is 4. The first-order chi connectivity index (χ1) is 16.1. The molecule has 0 radical (unpaired) electrons. The van der Waals surface area contributed by atoms with E-state index in [9.17, 15) is 4.79 Å². The quantitative estimate of drug-likeness (QED) is 0.386. The smallest absolute Gasteiger partial charge is 0.238 e. The van der Waals surface area contributed by atoms with Gasteiger partial charge in [-0.05, 0) is 37.6 Å². The van der Waals surface area contributed by atoms with Crippen molar-refractivity contribution in [3.63, 3.8) is 0 Å². The third kappa shape index (κ3) is 7.05. The Balaban J connectivity index is 0.00000324. The van der Waals surface area contributed by atoms with Crippen molar-refractivity contribution < 1.29 is 4.79 Å². The van der Waals surface area contributed by atoms with Crippen LogP contribution in [-0.2, 0) is 4.79 Å². The van der Waals surface area contributed by atoms with Crippen molar-refractivity contribution in [1.29, 1.82) is 0 Å². The lowest BCUT2D eigenvalue weighted by molar-refractivity contribution is -0.117. The van der Waals surface area contributed by atoms with Gasteiger partial charge >= 0.3 is 0 Å². The molecule has 0 bridgehead atoms. The van der Waals surface area contributed by atoms with Gasteiger partial charge in [-0.15, -0.1) is 35.9 Å². The van der Waals surface area contributed by atoms with E-state index in [2.05, 4.69) is 36.1 Å². The number of anilines is 1. The van der Waals surface area contributed by atoms with Crippen LogP contribution in [0.5, 0.6) is 0 Å². The molecule has 4 rings (SSSR count). The Kier molecular flexibility index (Phi) is 10.4. The molecule has 2 aromatic heterocycles. The number of H-pyrrole nitrogens is 1. The number of aryl methyl sites for hydroxylation is 1. The molecule has 0 aliphatic carbocycles. The molecule has 3 heterocycles. The molecule has 34 heavy (non-hydrogen) atoms. The van der Waals surface area contributed by atoms with Gasteiger partial charge in [0.25, 0.3) is 0 Å². The minimum absolute atomic E-state index is 0. The minimum Gasteiger partial charge on any atom is -0.333 e. The van der Waals surface area contributed by atoms with Crippen molar-refractivity contribution in [2.24, 2.45) is 0 Å². The van der Waals surface area contributed by atoms with E-state index in [4.69, 9.17) is 0 Å². The van der Waals surface area contributed by atoms with Crippen LogP contribution in [0, 0.1) is 6.92 Å². The highest BCUT2D eigenvalue weighted by atomic mass is 35.5. The second-order valence-corrected chi connectivity index (χ2v) is 10.7. The Bertz CT molecular complexity index is 1050. The Morgan fingerprint density at radius 1 is 1.09 bits per heavy atom. The summed E-state index contributed by atoms with van der Waals surface area (Å²) in [6.45, 7) is 7.18. The summed E-state index contributed by atoms with van der Waals surface area (Å²) in [6.07, 6.45) is 4.02. The third-order valence-corrected chi connectivity index (χ3v) is 7.90. The van der Waals surface area contributed by atoms with Crippen molar-refractivity contribution in [2.75, 3.05) is 62.8 Å². The van der Waals surface area contributed by atoms with Crippen LogP contribution in [0.4, 0.5) is 5.69 Å². The second kappa shape index (κ2) is 13.0. The van der Waals surface area contributed by atoms with Gasteiger partial charge in [-0.1, -0.05) is 23.9 Å². The number of halogens is 1. The van der Waals surface area contributed by atoms with Gasteiger partial charge in [-0.25, -0.2) is 9.97 Å². The first kappa shape index (κ1) is 27.2. The number of thioether (sulfide) groups is 3. The summed E-state index contributed by atoms with van der Waals surface area (Å²) in [6, 6.07) is 10.2.